The molecule has 3 unspecified atom stereocenters. The topological polar surface area (TPSA) is 74.6 Å². The van der Waals surface area contributed by atoms with E-state index < -0.39 is 22.8 Å². The molecule has 6 heteroatoms. The van der Waals surface area contributed by atoms with Gasteiger partial charge in [-0.3, -0.25) is 9.59 Å². The van der Waals surface area contributed by atoms with Crippen LogP contribution in [-0.4, -0.2) is 32.3 Å². The molecule has 0 aromatic rings. The van der Waals surface area contributed by atoms with Gasteiger partial charge in [-0.25, -0.2) is 0 Å². The molecule has 0 aromatic carbocycles. The molecular formula is C11H14Br2O4. The van der Waals surface area contributed by atoms with E-state index in [1.54, 1.807) is 19.1 Å². The van der Waals surface area contributed by atoms with Crippen LogP contribution in [-0.2, 0) is 9.59 Å². The van der Waals surface area contributed by atoms with Gasteiger partial charge in [0.25, 0.3) is 0 Å². The fourth-order valence-corrected chi connectivity index (χ4v) is 3.30. The van der Waals surface area contributed by atoms with Gasteiger partial charge in [0.15, 0.2) is 0 Å². The highest BCUT2D eigenvalue weighted by molar-refractivity contribution is 9.09. The molecule has 1 aliphatic carbocycles. The highest BCUT2D eigenvalue weighted by atomic mass is 79.9. The van der Waals surface area contributed by atoms with Gasteiger partial charge < -0.3 is 10.2 Å². The quantitative estimate of drug-likeness (QED) is 0.590. The van der Waals surface area contributed by atoms with Crippen LogP contribution in [0.15, 0.2) is 12.2 Å². The summed E-state index contributed by atoms with van der Waals surface area (Å²) in [4.78, 5) is 22.4. The number of hydrogen-bond acceptors (Lipinski definition) is 2. The van der Waals surface area contributed by atoms with Crippen molar-refractivity contribution in [3.63, 3.8) is 0 Å². The lowest BCUT2D eigenvalue weighted by Crippen LogP contribution is -2.46. The molecule has 0 saturated heterocycles. The molecule has 1 rings (SSSR count). The number of allylic oxidation sites excluding steroid dienone is 1. The molecule has 0 fully saturated rings. The predicted molar refractivity (Wildman–Crippen MR) is 70.7 cm³/mol. The van der Waals surface area contributed by atoms with Crippen LogP contribution >= 0.6 is 31.9 Å². The maximum atomic E-state index is 11.4. The van der Waals surface area contributed by atoms with Crippen molar-refractivity contribution < 1.29 is 19.8 Å². The maximum Gasteiger partial charge on any atom is 0.313 e. The van der Waals surface area contributed by atoms with Crippen molar-refractivity contribution in [1.29, 1.82) is 0 Å². The summed E-state index contributed by atoms with van der Waals surface area (Å²) < 4.78 is 0. The summed E-state index contributed by atoms with van der Waals surface area (Å²) in [5.41, 5.74) is -2.20. The molecule has 0 aliphatic heterocycles. The summed E-state index contributed by atoms with van der Waals surface area (Å²) in [6, 6.07) is 0. The molecule has 96 valence electrons. The average Bonchev–Trinajstić information content (AvgIpc) is 2.23. The van der Waals surface area contributed by atoms with Crippen LogP contribution in [0.3, 0.4) is 0 Å². The number of carbonyl (C=O) groups is 2. The second kappa shape index (κ2) is 5.10. The molecule has 0 heterocycles. The van der Waals surface area contributed by atoms with Crippen molar-refractivity contribution in [3.05, 3.63) is 12.2 Å². The Morgan fingerprint density at radius 3 is 2.41 bits per heavy atom. The van der Waals surface area contributed by atoms with Crippen LogP contribution in [0.1, 0.15) is 19.8 Å². The SMILES string of the molecule is CC1(C(=O)O)CC(CCBr)(C(=O)O)C=CC1Br. The van der Waals surface area contributed by atoms with Gasteiger partial charge >= 0.3 is 11.9 Å². The smallest absolute Gasteiger partial charge is 0.313 e. The molecule has 17 heavy (non-hydrogen) atoms. The molecule has 2 N–H and O–H groups in total. The number of aliphatic carboxylic acids is 2. The summed E-state index contributed by atoms with van der Waals surface area (Å²) >= 11 is 6.51. The molecular weight excluding hydrogens is 356 g/mol. The van der Waals surface area contributed by atoms with Crippen LogP contribution < -0.4 is 0 Å². The standard InChI is InChI=1S/C11H14Br2O4/c1-10(8(14)15)6-11(4-5-12,9(16)17)3-2-7(10)13/h2-3,7H,4-6H2,1H3,(H,14,15)(H,16,17). The van der Waals surface area contributed by atoms with Crippen molar-refractivity contribution in [2.45, 2.75) is 24.6 Å². The molecule has 0 bridgehead atoms. The lowest BCUT2D eigenvalue weighted by atomic mass is 9.65. The first kappa shape index (κ1) is 14.7. The minimum atomic E-state index is -1.10. The van der Waals surface area contributed by atoms with Crippen LogP contribution in [0.25, 0.3) is 0 Å². The normalized spacial score (nSPS) is 36.8. The Balaban J connectivity index is 3.18. The number of hydrogen-bond donors (Lipinski definition) is 2. The van der Waals surface area contributed by atoms with E-state index in [0.717, 1.165) is 0 Å². The van der Waals surface area contributed by atoms with E-state index in [9.17, 15) is 19.8 Å². The van der Waals surface area contributed by atoms with E-state index in [4.69, 9.17) is 0 Å². The molecule has 3 atom stereocenters. The van der Waals surface area contributed by atoms with Crippen LogP contribution in [0.4, 0.5) is 0 Å². The van der Waals surface area contributed by atoms with Crippen molar-refractivity contribution in [2.24, 2.45) is 10.8 Å². The highest BCUT2D eigenvalue weighted by Crippen LogP contribution is 2.47. The van der Waals surface area contributed by atoms with Crippen LogP contribution in [0.5, 0.6) is 0 Å². The first-order valence-corrected chi connectivity index (χ1v) is 7.18. The molecule has 4 nitrogen and oxygen atoms in total. The van der Waals surface area contributed by atoms with Crippen LogP contribution in [0, 0.1) is 10.8 Å². The molecule has 0 aromatic heterocycles. The van der Waals surface area contributed by atoms with E-state index in [1.165, 1.54) is 0 Å². The van der Waals surface area contributed by atoms with Crippen LogP contribution in [0.2, 0.25) is 0 Å². The van der Waals surface area contributed by atoms with E-state index in [2.05, 4.69) is 31.9 Å². The fraction of sp³-hybridized carbons (Fsp3) is 0.636. The zero-order valence-electron chi connectivity index (χ0n) is 9.32. The largest absolute Gasteiger partial charge is 0.481 e. The molecule has 0 amide bonds. The van der Waals surface area contributed by atoms with Crippen molar-refractivity contribution in [2.75, 3.05) is 5.33 Å². The van der Waals surface area contributed by atoms with Gasteiger partial charge in [0.05, 0.1) is 10.8 Å². The van der Waals surface area contributed by atoms with Gasteiger partial charge in [0, 0.05) is 10.2 Å². The summed E-state index contributed by atoms with van der Waals surface area (Å²) in [6.07, 6.45) is 3.71. The summed E-state index contributed by atoms with van der Waals surface area (Å²) in [6.45, 7) is 1.57. The maximum absolute atomic E-state index is 11.4. The van der Waals surface area contributed by atoms with Gasteiger partial charge in [0.2, 0.25) is 0 Å². The summed E-state index contributed by atoms with van der Waals surface area (Å²) in [5, 5.41) is 19.1. The first-order valence-electron chi connectivity index (χ1n) is 5.15. The predicted octanol–water partition coefficient (Wildman–Crippen LogP) is 2.66. The Morgan fingerprint density at radius 2 is 2.00 bits per heavy atom. The van der Waals surface area contributed by atoms with Crippen molar-refractivity contribution >= 4 is 43.8 Å². The number of carboxylic acid groups (broad SMARTS) is 2. The third-order valence-electron chi connectivity index (χ3n) is 3.33. The minimum absolute atomic E-state index is 0.0860. The Hall–Kier alpha value is -0.360. The van der Waals surface area contributed by atoms with Crippen molar-refractivity contribution in [3.8, 4) is 0 Å². The number of alkyl halides is 2. The monoisotopic (exact) mass is 368 g/mol. The van der Waals surface area contributed by atoms with E-state index in [1.807, 2.05) is 0 Å². The second-order valence-electron chi connectivity index (χ2n) is 4.56. The van der Waals surface area contributed by atoms with Gasteiger partial charge in [0.1, 0.15) is 0 Å². The zero-order valence-corrected chi connectivity index (χ0v) is 12.5. The molecule has 1 aliphatic rings. The Bertz CT molecular complexity index is 368. The summed E-state index contributed by atoms with van der Waals surface area (Å²) in [7, 11) is 0. The number of carboxylic acids is 2. The summed E-state index contributed by atoms with van der Waals surface area (Å²) in [5.74, 6) is -1.95. The van der Waals surface area contributed by atoms with E-state index in [-0.39, 0.29) is 11.2 Å². The minimum Gasteiger partial charge on any atom is -0.481 e. The highest BCUT2D eigenvalue weighted by Gasteiger charge is 2.51. The van der Waals surface area contributed by atoms with Gasteiger partial charge in [-0.2, -0.15) is 0 Å². The lowest BCUT2D eigenvalue weighted by molar-refractivity contribution is -0.155. The van der Waals surface area contributed by atoms with E-state index >= 15 is 0 Å². The van der Waals surface area contributed by atoms with Gasteiger partial charge in [-0.1, -0.05) is 44.0 Å². The Kier molecular flexibility index (Phi) is 4.41. The van der Waals surface area contributed by atoms with Gasteiger partial charge in [-0.15, -0.1) is 0 Å². The van der Waals surface area contributed by atoms with Crippen molar-refractivity contribution in [1.82, 2.24) is 0 Å². The Labute approximate surface area is 116 Å². The Morgan fingerprint density at radius 1 is 1.41 bits per heavy atom. The lowest BCUT2D eigenvalue weighted by Gasteiger charge is -2.40. The first-order chi connectivity index (χ1) is 7.78. The molecule has 0 spiro atoms. The van der Waals surface area contributed by atoms with Gasteiger partial charge in [-0.05, 0) is 19.8 Å². The third kappa shape index (κ3) is 2.57. The zero-order chi connectivity index (χ0) is 13.3. The number of halogens is 2. The fourth-order valence-electron chi connectivity index (χ4n) is 2.08. The number of rotatable bonds is 4. The molecule has 0 radical (unpaired) electrons. The average molecular weight is 370 g/mol. The molecule has 0 saturated carbocycles. The van der Waals surface area contributed by atoms with E-state index in [0.29, 0.717) is 11.8 Å². The third-order valence-corrected chi connectivity index (χ3v) is 5.04. The second-order valence-corrected chi connectivity index (χ2v) is 6.34.